The molecule has 16 heavy (non-hydrogen) atoms. The predicted octanol–water partition coefficient (Wildman–Crippen LogP) is 1.46. The Hall–Kier alpha value is -0.870. The number of rotatable bonds is 6. The van der Waals surface area contributed by atoms with Crippen molar-refractivity contribution >= 4 is 0 Å². The van der Waals surface area contributed by atoms with Gasteiger partial charge in [-0.1, -0.05) is 13.8 Å². The zero-order valence-electron chi connectivity index (χ0n) is 10.9. The Labute approximate surface area is 98.4 Å². The highest BCUT2D eigenvalue weighted by Gasteiger charge is 2.20. The fraction of sp³-hybridized carbons (Fsp3) is 0.750. The first-order chi connectivity index (χ1) is 7.63. The van der Waals surface area contributed by atoms with Gasteiger partial charge in [-0.3, -0.25) is 9.58 Å². The van der Waals surface area contributed by atoms with Gasteiger partial charge in [0.1, 0.15) is 0 Å². The molecule has 1 rings (SSSR count). The first-order valence-corrected chi connectivity index (χ1v) is 6.08. The van der Waals surface area contributed by atoms with Crippen LogP contribution in [0.1, 0.15) is 37.6 Å². The molecule has 0 aliphatic rings. The smallest absolute Gasteiger partial charge is 0.0641 e. The first-order valence-electron chi connectivity index (χ1n) is 6.08. The van der Waals surface area contributed by atoms with Gasteiger partial charge >= 0.3 is 0 Å². The van der Waals surface area contributed by atoms with Crippen molar-refractivity contribution in [3.63, 3.8) is 0 Å². The minimum atomic E-state index is 0.304. The molecule has 1 aromatic rings. The van der Waals surface area contributed by atoms with Crippen molar-refractivity contribution in [1.29, 1.82) is 0 Å². The van der Waals surface area contributed by atoms with Gasteiger partial charge in [0.05, 0.1) is 11.7 Å². The van der Waals surface area contributed by atoms with E-state index in [-0.39, 0.29) is 0 Å². The van der Waals surface area contributed by atoms with Crippen molar-refractivity contribution in [3.05, 3.63) is 17.5 Å². The summed E-state index contributed by atoms with van der Waals surface area (Å²) in [5.41, 5.74) is 8.27. The van der Waals surface area contributed by atoms with Crippen LogP contribution in [-0.2, 0) is 7.05 Å². The van der Waals surface area contributed by atoms with Gasteiger partial charge in [0.2, 0.25) is 0 Å². The molecular weight excluding hydrogens is 200 g/mol. The molecule has 0 aliphatic heterocycles. The zero-order valence-corrected chi connectivity index (χ0v) is 10.9. The molecule has 1 heterocycles. The Kier molecular flexibility index (Phi) is 4.96. The van der Waals surface area contributed by atoms with E-state index < -0.39 is 0 Å². The number of hydrogen-bond acceptors (Lipinski definition) is 3. The number of aromatic nitrogens is 2. The molecule has 0 bridgehead atoms. The molecule has 1 atom stereocenters. The molecule has 0 spiro atoms. The molecule has 0 saturated carbocycles. The topological polar surface area (TPSA) is 47.1 Å². The zero-order chi connectivity index (χ0) is 12.1. The third-order valence-electron chi connectivity index (χ3n) is 2.99. The Morgan fingerprint density at radius 3 is 2.56 bits per heavy atom. The Balaban J connectivity index is 2.91. The standard InChI is InChI=1S/C12H24N4/c1-5-7-16(6-2)12(8-13)11-9-15(4)14-10(11)3/h9,12H,5-8,13H2,1-4H3. The monoisotopic (exact) mass is 224 g/mol. The van der Waals surface area contributed by atoms with Crippen LogP contribution in [0.15, 0.2) is 6.20 Å². The number of hydrogen-bond donors (Lipinski definition) is 1. The van der Waals surface area contributed by atoms with Gasteiger partial charge in [-0.2, -0.15) is 5.10 Å². The van der Waals surface area contributed by atoms with Crippen LogP contribution in [0.3, 0.4) is 0 Å². The Morgan fingerprint density at radius 1 is 1.50 bits per heavy atom. The van der Waals surface area contributed by atoms with Gasteiger partial charge in [-0.25, -0.2) is 0 Å². The maximum absolute atomic E-state index is 5.91. The average molecular weight is 224 g/mol. The summed E-state index contributed by atoms with van der Waals surface area (Å²) in [6.45, 7) is 9.21. The first kappa shape index (κ1) is 13.2. The highest BCUT2D eigenvalue weighted by molar-refractivity contribution is 5.20. The second-order valence-electron chi connectivity index (χ2n) is 4.22. The highest BCUT2D eigenvalue weighted by atomic mass is 15.3. The minimum absolute atomic E-state index is 0.304. The number of likely N-dealkylation sites (N-methyl/N-ethyl adjacent to an activating group) is 1. The fourth-order valence-corrected chi connectivity index (χ4v) is 2.24. The van der Waals surface area contributed by atoms with Crippen LogP contribution in [0.5, 0.6) is 0 Å². The molecule has 1 aromatic heterocycles. The third-order valence-corrected chi connectivity index (χ3v) is 2.99. The summed E-state index contributed by atoms with van der Waals surface area (Å²) in [5.74, 6) is 0. The molecule has 92 valence electrons. The Bertz CT molecular complexity index is 319. The Morgan fingerprint density at radius 2 is 2.19 bits per heavy atom. The molecule has 0 aliphatic carbocycles. The predicted molar refractivity (Wildman–Crippen MR) is 67.3 cm³/mol. The molecule has 4 nitrogen and oxygen atoms in total. The maximum Gasteiger partial charge on any atom is 0.0641 e. The highest BCUT2D eigenvalue weighted by Crippen LogP contribution is 2.22. The van der Waals surface area contributed by atoms with Crippen LogP contribution in [0.2, 0.25) is 0 Å². The third kappa shape index (κ3) is 2.83. The van der Waals surface area contributed by atoms with E-state index >= 15 is 0 Å². The quantitative estimate of drug-likeness (QED) is 0.796. The van der Waals surface area contributed by atoms with Gasteiger partial charge in [-0.05, 0) is 26.4 Å². The lowest BCUT2D eigenvalue weighted by Gasteiger charge is -2.29. The number of aryl methyl sites for hydroxylation is 2. The second-order valence-corrected chi connectivity index (χ2v) is 4.22. The second kappa shape index (κ2) is 6.01. The van der Waals surface area contributed by atoms with Crippen LogP contribution in [0, 0.1) is 6.92 Å². The summed E-state index contributed by atoms with van der Waals surface area (Å²) in [6.07, 6.45) is 3.24. The van der Waals surface area contributed by atoms with Crippen molar-refractivity contribution in [1.82, 2.24) is 14.7 Å². The lowest BCUT2D eigenvalue weighted by atomic mass is 10.1. The number of nitrogens with zero attached hydrogens (tertiary/aromatic N) is 3. The van der Waals surface area contributed by atoms with Crippen LogP contribution >= 0.6 is 0 Å². The van der Waals surface area contributed by atoms with Crippen LogP contribution < -0.4 is 5.73 Å². The lowest BCUT2D eigenvalue weighted by Crippen LogP contribution is -2.34. The van der Waals surface area contributed by atoms with Gasteiger partial charge in [0.15, 0.2) is 0 Å². The summed E-state index contributed by atoms with van der Waals surface area (Å²) >= 11 is 0. The summed E-state index contributed by atoms with van der Waals surface area (Å²) in [6, 6.07) is 0.304. The van der Waals surface area contributed by atoms with Crippen molar-refractivity contribution in [2.24, 2.45) is 12.8 Å². The van der Waals surface area contributed by atoms with Crippen LogP contribution in [-0.4, -0.2) is 34.3 Å². The lowest BCUT2D eigenvalue weighted by molar-refractivity contribution is 0.212. The van der Waals surface area contributed by atoms with E-state index in [1.54, 1.807) is 0 Å². The van der Waals surface area contributed by atoms with Crippen molar-refractivity contribution in [2.45, 2.75) is 33.2 Å². The van der Waals surface area contributed by atoms with E-state index in [1.807, 2.05) is 11.7 Å². The van der Waals surface area contributed by atoms with E-state index in [0.29, 0.717) is 12.6 Å². The molecule has 0 radical (unpaired) electrons. The minimum Gasteiger partial charge on any atom is -0.329 e. The normalized spacial score (nSPS) is 13.4. The molecule has 0 aromatic carbocycles. The molecular formula is C12H24N4. The van der Waals surface area contributed by atoms with E-state index in [9.17, 15) is 0 Å². The van der Waals surface area contributed by atoms with Crippen molar-refractivity contribution in [2.75, 3.05) is 19.6 Å². The summed E-state index contributed by atoms with van der Waals surface area (Å²) in [7, 11) is 1.96. The van der Waals surface area contributed by atoms with E-state index in [1.165, 1.54) is 5.56 Å². The van der Waals surface area contributed by atoms with Gasteiger partial charge in [0, 0.05) is 25.4 Å². The molecule has 0 fully saturated rings. The van der Waals surface area contributed by atoms with Crippen LogP contribution in [0.25, 0.3) is 0 Å². The summed E-state index contributed by atoms with van der Waals surface area (Å²) in [4.78, 5) is 2.42. The fourth-order valence-electron chi connectivity index (χ4n) is 2.24. The molecule has 0 saturated heterocycles. The van der Waals surface area contributed by atoms with E-state index in [0.717, 1.165) is 25.2 Å². The van der Waals surface area contributed by atoms with Gasteiger partial charge < -0.3 is 5.73 Å². The molecule has 4 heteroatoms. The van der Waals surface area contributed by atoms with Crippen molar-refractivity contribution in [3.8, 4) is 0 Å². The molecule has 0 amide bonds. The summed E-state index contributed by atoms with van der Waals surface area (Å²) < 4.78 is 1.87. The molecule has 2 N–H and O–H groups in total. The SMILES string of the molecule is CCCN(CC)C(CN)c1cn(C)nc1C. The average Bonchev–Trinajstić information content (AvgIpc) is 2.58. The molecule has 1 unspecified atom stereocenters. The maximum atomic E-state index is 5.91. The summed E-state index contributed by atoms with van der Waals surface area (Å²) in [5, 5.41) is 4.39. The van der Waals surface area contributed by atoms with Gasteiger partial charge in [0.25, 0.3) is 0 Å². The van der Waals surface area contributed by atoms with E-state index in [4.69, 9.17) is 5.73 Å². The number of nitrogens with two attached hydrogens (primary N) is 1. The van der Waals surface area contributed by atoms with Gasteiger partial charge in [-0.15, -0.1) is 0 Å². The van der Waals surface area contributed by atoms with Crippen molar-refractivity contribution < 1.29 is 0 Å². The van der Waals surface area contributed by atoms with Crippen LogP contribution in [0.4, 0.5) is 0 Å². The largest absolute Gasteiger partial charge is 0.329 e. The van der Waals surface area contributed by atoms with E-state index in [2.05, 4.69) is 37.0 Å².